The standard InChI is InChI=1S/C18H28N2O/c1-12(2)19-18(21)14(4)20-13(3)16-10-9-15-7-5-6-8-17(15)11-16/h9-14,20H,5-8H2,1-4H3,(H,19,21)/p+1/t13-,14-/m1/s1. The van der Waals surface area contributed by atoms with Gasteiger partial charge in [-0.2, -0.15) is 0 Å². The molecule has 0 saturated heterocycles. The molecule has 1 aliphatic carbocycles. The van der Waals surface area contributed by atoms with E-state index in [4.69, 9.17) is 0 Å². The van der Waals surface area contributed by atoms with Gasteiger partial charge >= 0.3 is 0 Å². The fraction of sp³-hybridized carbons (Fsp3) is 0.611. The van der Waals surface area contributed by atoms with E-state index in [2.05, 4.69) is 35.8 Å². The van der Waals surface area contributed by atoms with Gasteiger partial charge in [0, 0.05) is 11.6 Å². The van der Waals surface area contributed by atoms with E-state index in [0.717, 1.165) is 0 Å². The Morgan fingerprint density at radius 2 is 1.76 bits per heavy atom. The van der Waals surface area contributed by atoms with E-state index in [1.54, 1.807) is 0 Å². The number of amides is 1. The Bertz CT molecular complexity index is 496. The van der Waals surface area contributed by atoms with Crippen LogP contribution >= 0.6 is 0 Å². The zero-order valence-corrected chi connectivity index (χ0v) is 13.8. The Balaban J connectivity index is 1.99. The van der Waals surface area contributed by atoms with Gasteiger partial charge in [0.05, 0.1) is 0 Å². The third-order valence-electron chi connectivity index (χ3n) is 4.32. The maximum absolute atomic E-state index is 12.0. The Morgan fingerprint density at radius 1 is 1.10 bits per heavy atom. The lowest BCUT2D eigenvalue weighted by atomic mass is 9.89. The Hall–Kier alpha value is -1.35. The highest BCUT2D eigenvalue weighted by Crippen LogP contribution is 2.23. The van der Waals surface area contributed by atoms with Crippen molar-refractivity contribution in [3.63, 3.8) is 0 Å². The number of benzene rings is 1. The van der Waals surface area contributed by atoms with E-state index in [0.29, 0.717) is 6.04 Å². The molecule has 1 amide bonds. The minimum atomic E-state index is -0.0570. The molecule has 1 aromatic carbocycles. The molecule has 2 atom stereocenters. The van der Waals surface area contributed by atoms with Crippen molar-refractivity contribution in [3.05, 3.63) is 34.9 Å². The van der Waals surface area contributed by atoms with Crippen LogP contribution in [0.3, 0.4) is 0 Å². The van der Waals surface area contributed by atoms with E-state index >= 15 is 0 Å². The Labute approximate surface area is 128 Å². The summed E-state index contributed by atoms with van der Waals surface area (Å²) < 4.78 is 0. The van der Waals surface area contributed by atoms with Gasteiger partial charge in [0.15, 0.2) is 6.04 Å². The van der Waals surface area contributed by atoms with Crippen LogP contribution in [-0.2, 0) is 17.6 Å². The predicted molar refractivity (Wildman–Crippen MR) is 86.2 cm³/mol. The summed E-state index contributed by atoms with van der Waals surface area (Å²) in [5.74, 6) is 0.120. The van der Waals surface area contributed by atoms with Crippen molar-refractivity contribution in [2.75, 3.05) is 0 Å². The average Bonchev–Trinajstić information content (AvgIpc) is 2.45. The van der Waals surface area contributed by atoms with Crippen LogP contribution in [-0.4, -0.2) is 18.0 Å². The van der Waals surface area contributed by atoms with E-state index in [1.165, 1.54) is 42.4 Å². The molecule has 0 unspecified atom stereocenters. The number of hydrogen-bond donors (Lipinski definition) is 2. The first-order chi connectivity index (χ1) is 9.97. The van der Waals surface area contributed by atoms with Crippen molar-refractivity contribution in [1.82, 2.24) is 5.32 Å². The topological polar surface area (TPSA) is 45.7 Å². The largest absolute Gasteiger partial charge is 0.349 e. The lowest BCUT2D eigenvalue weighted by Gasteiger charge is -2.21. The third-order valence-corrected chi connectivity index (χ3v) is 4.32. The predicted octanol–water partition coefficient (Wildman–Crippen LogP) is 2.10. The van der Waals surface area contributed by atoms with Crippen molar-refractivity contribution in [2.45, 2.75) is 71.5 Å². The molecule has 2 rings (SSSR count). The van der Waals surface area contributed by atoms with Crippen molar-refractivity contribution in [3.8, 4) is 0 Å². The van der Waals surface area contributed by atoms with Crippen molar-refractivity contribution >= 4 is 5.91 Å². The third kappa shape index (κ3) is 4.31. The average molecular weight is 289 g/mol. The second-order valence-corrected chi connectivity index (χ2v) is 6.67. The van der Waals surface area contributed by atoms with E-state index in [9.17, 15) is 4.79 Å². The number of nitrogens with one attached hydrogen (secondary N) is 1. The molecular weight excluding hydrogens is 260 g/mol. The second kappa shape index (κ2) is 7.08. The fourth-order valence-electron chi connectivity index (χ4n) is 3.08. The van der Waals surface area contributed by atoms with Crippen LogP contribution in [0.2, 0.25) is 0 Å². The van der Waals surface area contributed by atoms with Gasteiger partial charge in [-0.25, -0.2) is 0 Å². The number of fused-ring (bicyclic) bond motifs is 1. The maximum atomic E-state index is 12.0. The molecule has 0 fully saturated rings. The van der Waals surface area contributed by atoms with Crippen molar-refractivity contribution < 1.29 is 10.1 Å². The lowest BCUT2D eigenvalue weighted by Crippen LogP contribution is -2.92. The minimum absolute atomic E-state index is 0.0570. The lowest BCUT2D eigenvalue weighted by molar-refractivity contribution is -0.710. The minimum Gasteiger partial charge on any atom is -0.349 e. The highest BCUT2D eigenvalue weighted by atomic mass is 16.2. The second-order valence-electron chi connectivity index (χ2n) is 6.67. The number of carbonyl (C=O) groups is 1. The first kappa shape index (κ1) is 16.0. The van der Waals surface area contributed by atoms with Gasteiger partial charge in [-0.3, -0.25) is 4.79 Å². The van der Waals surface area contributed by atoms with E-state index in [1.807, 2.05) is 20.8 Å². The SMILES string of the molecule is CC(C)NC(=O)[C@@H](C)[NH2+][C@H](C)c1ccc2c(c1)CCCC2. The normalized spacial score (nSPS) is 17.2. The smallest absolute Gasteiger partial charge is 0.278 e. The molecule has 0 bridgehead atoms. The Morgan fingerprint density at radius 3 is 2.43 bits per heavy atom. The Kier molecular flexibility index (Phi) is 5.40. The molecule has 3 N–H and O–H groups in total. The molecule has 0 aliphatic heterocycles. The van der Waals surface area contributed by atoms with Crippen molar-refractivity contribution in [2.24, 2.45) is 0 Å². The maximum Gasteiger partial charge on any atom is 0.278 e. The summed E-state index contributed by atoms with van der Waals surface area (Å²) in [6, 6.07) is 7.32. The number of aryl methyl sites for hydroxylation is 2. The summed E-state index contributed by atoms with van der Waals surface area (Å²) in [7, 11) is 0. The van der Waals surface area contributed by atoms with Crippen LogP contribution in [0.5, 0.6) is 0 Å². The molecule has 21 heavy (non-hydrogen) atoms. The number of rotatable bonds is 5. The molecule has 116 valence electrons. The van der Waals surface area contributed by atoms with E-state index in [-0.39, 0.29) is 18.0 Å². The van der Waals surface area contributed by atoms with Crippen LogP contribution in [0, 0.1) is 0 Å². The van der Waals surface area contributed by atoms with Gasteiger partial charge in [0.2, 0.25) is 0 Å². The van der Waals surface area contributed by atoms with Crippen LogP contribution in [0.1, 0.15) is 63.3 Å². The van der Waals surface area contributed by atoms with Crippen LogP contribution in [0.4, 0.5) is 0 Å². The molecule has 3 nitrogen and oxygen atoms in total. The van der Waals surface area contributed by atoms with Crippen LogP contribution < -0.4 is 10.6 Å². The zero-order chi connectivity index (χ0) is 15.4. The van der Waals surface area contributed by atoms with Gasteiger partial charge in [-0.15, -0.1) is 0 Å². The van der Waals surface area contributed by atoms with Crippen LogP contribution in [0.25, 0.3) is 0 Å². The molecule has 3 heteroatoms. The monoisotopic (exact) mass is 289 g/mol. The number of nitrogens with two attached hydrogens (primary N) is 1. The summed E-state index contributed by atoms with van der Waals surface area (Å²) in [4.78, 5) is 12.0. The van der Waals surface area contributed by atoms with Crippen molar-refractivity contribution in [1.29, 1.82) is 0 Å². The molecule has 0 heterocycles. The highest BCUT2D eigenvalue weighted by Gasteiger charge is 2.21. The molecule has 1 aliphatic rings. The summed E-state index contributed by atoms with van der Waals surface area (Å²) >= 11 is 0. The van der Waals surface area contributed by atoms with Gasteiger partial charge in [-0.1, -0.05) is 12.1 Å². The summed E-state index contributed by atoms with van der Waals surface area (Å²) in [5.41, 5.74) is 4.36. The van der Waals surface area contributed by atoms with Crippen LogP contribution in [0.15, 0.2) is 18.2 Å². The summed E-state index contributed by atoms with van der Waals surface area (Å²) in [5, 5.41) is 5.13. The first-order valence-corrected chi connectivity index (χ1v) is 8.24. The first-order valence-electron chi connectivity index (χ1n) is 8.24. The summed E-state index contributed by atoms with van der Waals surface area (Å²) in [6.07, 6.45) is 5.06. The number of carbonyl (C=O) groups excluding carboxylic acids is 1. The van der Waals surface area contributed by atoms with Gasteiger partial charge in [0.1, 0.15) is 6.04 Å². The number of quaternary nitrogens is 1. The molecule has 0 radical (unpaired) electrons. The fourth-order valence-corrected chi connectivity index (χ4v) is 3.08. The quantitative estimate of drug-likeness (QED) is 0.857. The molecule has 1 aromatic rings. The van der Waals surface area contributed by atoms with E-state index < -0.39 is 0 Å². The summed E-state index contributed by atoms with van der Waals surface area (Å²) in [6.45, 7) is 8.16. The molecule has 0 aromatic heterocycles. The number of hydrogen-bond acceptors (Lipinski definition) is 1. The molecule has 0 spiro atoms. The van der Waals surface area contributed by atoms with Gasteiger partial charge in [0.25, 0.3) is 5.91 Å². The zero-order valence-electron chi connectivity index (χ0n) is 13.8. The molecule has 0 saturated carbocycles. The van der Waals surface area contributed by atoms with Gasteiger partial charge in [-0.05, 0) is 70.6 Å². The highest BCUT2D eigenvalue weighted by molar-refractivity contribution is 5.80. The van der Waals surface area contributed by atoms with Gasteiger partial charge < -0.3 is 10.6 Å². The molecular formula is C18H29N2O+.